The minimum absolute atomic E-state index is 0.108. The Kier molecular flexibility index (Phi) is 5.85. The first-order valence-electron chi connectivity index (χ1n) is 6.71. The second-order valence-electron chi connectivity index (χ2n) is 4.80. The zero-order valence-electron chi connectivity index (χ0n) is 11.6. The summed E-state index contributed by atoms with van der Waals surface area (Å²) < 4.78 is 48.5. The van der Waals surface area contributed by atoms with Crippen molar-refractivity contribution in [3.05, 3.63) is 22.8 Å². The van der Waals surface area contributed by atoms with Crippen LogP contribution in [0.5, 0.6) is 0 Å². The van der Waals surface area contributed by atoms with Gasteiger partial charge in [0.25, 0.3) is 0 Å². The Hall–Kier alpha value is -1.09. The molecule has 2 heterocycles. The monoisotopic (exact) mass is 340 g/mol. The van der Waals surface area contributed by atoms with Crippen molar-refractivity contribution in [1.82, 2.24) is 4.98 Å². The van der Waals surface area contributed by atoms with E-state index in [4.69, 9.17) is 26.2 Å². The van der Waals surface area contributed by atoms with E-state index in [-0.39, 0.29) is 36.2 Å². The van der Waals surface area contributed by atoms with E-state index in [1.165, 1.54) is 0 Å². The molecule has 0 aliphatic carbocycles. The van der Waals surface area contributed by atoms with Gasteiger partial charge < -0.3 is 19.9 Å². The molecular weight excluding hydrogens is 325 g/mol. The molecule has 0 saturated carbocycles. The molecule has 0 amide bonds. The fourth-order valence-corrected chi connectivity index (χ4v) is 2.35. The van der Waals surface area contributed by atoms with Gasteiger partial charge in [0.15, 0.2) is 0 Å². The van der Waals surface area contributed by atoms with Crippen LogP contribution in [0.2, 0.25) is 5.02 Å². The maximum Gasteiger partial charge on any atom is 0.417 e. The maximum absolute atomic E-state index is 12.6. The van der Waals surface area contributed by atoms with Crippen LogP contribution >= 0.6 is 11.6 Å². The normalized spacial score (nSPS) is 22.6. The number of rotatable bonds is 5. The van der Waals surface area contributed by atoms with E-state index in [2.05, 4.69) is 10.3 Å². The van der Waals surface area contributed by atoms with Crippen LogP contribution < -0.4 is 5.32 Å². The van der Waals surface area contributed by atoms with Gasteiger partial charge in [-0.05, 0) is 12.5 Å². The molecule has 1 aliphatic heterocycles. The third-order valence-corrected chi connectivity index (χ3v) is 3.49. The molecule has 2 N–H and O–H groups in total. The fourth-order valence-electron chi connectivity index (χ4n) is 2.13. The summed E-state index contributed by atoms with van der Waals surface area (Å²) >= 11 is 5.86. The molecule has 9 heteroatoms. The number of pyridine rings is 1. The van der Waals surface area contributed by atoms with Gasteiger partial charge >= 0.3 is 6.18 Å². The van der Waals surface area contributed by atoms with Crippen molar-refractivity contribution in [3.63, 3.8) is 0 Å². The molecule has 1 aliphatic rings. The summed E-state index contributed by atoms with van der Waals surface area (Å²) in [5.41, 5.74) is -0.906. The number of nitrogens with zero attached hydrogens (tertiary/aromatic N) is 1. The van der Waals surface area contributed by atoms with Crippen molar-refractivity contribution in [2.75, 3.05) is 31.7 Å². The van der Waals surface area contributed by atoms with Crippen molar-refractivity contribution in [2.45, 2.75) is 24.7 Å². The van der Waals surface area contributed by atoms with Gasteiger partial charge in [-0.2, -0.15) is 13.2 Å². The number of aliphatic hydroxyl groups excluding tert-OH is 1. The van der Waals surface area contributed by atoms with Gasteiger partial charge in [-0.15, -0.1) is 0 Å². The van der Waals surface area contributed by atoms with Crippen molar-refractivity contribution >= 4 is 17.4 Å². The highest BCUT2D eigenvalue weighted by atomic mass is 35.5. The van der Waals surface area contributed by atoms with Crippen molar-refractivity contribution < 1.29 is 27.8 Å². The van der Waals surface area contributed by atoms with E-state index in [1.807, 2.05) is 0 Å². The lowest BCUT2D eigenvalue weighted by Gasteiger charge is -2.32. The number of hydrogen-bond acceptors (Lipinski definition) is 5. The molecule has 5 nitrogen and oxygen atoms in total. The van der Waals surface area contributed by atoms with Crippen LogP contribution in [-0.4, -0.2) is 48.7 Å². The van der Waals surface area contributed by atoms with E-state index in [1.54, 1.807) is 0 Å². The largest absolute Gasteiger partial charge is 0.417 e. The highest BCUT2D eigenvalue weighted by Gasteiger charge is 2.32. The van der Waals surface area contributed by atoms with Gasteiger partial charge in [0, 0.05) is 12.8 Å². The summed E-state index contributed by atoms with van der Waals surface area (Å²) in [6.45, 7) is 0.901. The van der Waals surface area contributed by atoms with Crippen LogP contribution in [0.3, 0.4) is 0 Å². The van der Waals surface area contributed by atoms with Crippen LogP contribution in [0, 0.1) is 0 Å². The number of aromatic nitrogens is 1. The number of alkyl halides is 3. The Labute approximate surface area is 130 Å². The molecule has 0 aromatic carbocycles. The predicted octanol–water partition coefficient (Wildman–Crippen LogP) is 2.33. The van der Waals surface area contributed by atoms with E-state index >= 15 is 0 Å². The summed E-state index contributed by atoms with van der Waals surface area (Å²) in [5.74, 6) is 0.141. The summed E-state index contributed by atoms with van der Waals surface area (Å²) in [6, 6.07) is 0.520. The van der Waals surface area contributed by atoms with Gasteiger partial charge in [-0.1, -0.05) is 11.6 Å². The lowest BCUT2D eigenvalue weighted by Crippen LogP contribution is -2.44. The summed E-state index contributed by atoms with van der Waals surface area (Å²) in [5, 5.41) is 11.6. The molecule has 1 aromatic rings. The van der Waals surface area contributed by atoms with Crippen LogP contribution in [0.15, 0.2) is 12.3 Å². The van der Waals surface area contributed by atoms with E-state index < -0.39 is 11.7 Å². The molecule has 0 spiro atoms. The molecule has 124 valence electrons. The second-order valence-corrected chi connectivity index (χ2v) is 5.21. The van der Waals surface area contributed by atoms with E-state index in [9.17, 15) is 13.2 Å². The topological polar surface area (TPSA) is 63.6 Å². The SMILES string of the molecule is OCCO[C@H]1CCOC[C@H]1Nc1ncc(C(F)(F)F)cc1Cl. The van der Waals surface area contributed by atoms with E-state index in [0.717, 1.165) is 12.3 Å². The first-order valence-corrected chi connectivity index (χ1v) is 7.09. The first kappa shape index (κ1) is 17.3. The van der Waals surface area contributed by atoms with Gasteiger partial charge in [0.2, 0.25) is 0 Å². The average Bonchev–Trinajstić information content (AvgIpc) is 2.47. The van der Waals surface area contributed by atoms with Crippen LogP contribution in [0.25, 0.3) is 0 Å². The maximum atomic E-state index is 12.6. The first-order chi connectivity index (χ1) is 10.4. The zero-order valence-corrected chi connectivity index (χ0v) is 12.3. The summed E-state index contributed by atoms with van der Waals surface area (Å²) in [6.07, 6.45) is -3.39. The van der Waals surface area contributed by atoms with Gasteiger partial charge in [-0.3, -0.25) is 0 Å². The minimum Gasteiger partial charge on any atom is -0.394 e. The standard InChI is InChI=1S/C13H16ClF3N2O3/c14-9-5-8(13(15,16)17)6-18-12(9)19-10-7-21-3-1-11(10)22-4-2-20/h5-6,10-11,20H,1-4,7H2,(H,18,19)/t10-,11+/m1/s1. The third kappa shape index (κ3) is 4.45. The lowest BCUT2D eigenvalue weighted by atomic mass is 10.1. The Bertz CT molecular complexity index is 502. The molecule has 0 radical (unpaired) electrons. The highest BCUT2D eigenvalue weighted by Crippen LogP contribution is 2.32. The number of hydrogen-bond donors (Lipinski definition) is 2. The average molecular weight is 341 g/mol. The Morgan fingerprint density at radius 2 is 2.27 bits per heavy atom. The fraction of sp³-hybridized carbons (Fsp3) is 0.615. The summed E-state index contributed by atoms with van der Waals surface area (Å²) in [7, 11) is 0. The number of nitrogens with one attached hydrogen (secondary N) is 1. The van der Waals surface area contributed by atoms with E-state index in [0.29, 0.717) is 19.6 Å². The Balaban J connectivity index is 2.08. The van der Waals surface area contributed by atoms with Crippen LogP contribution in [0.1, 0.15) is 12.0 Å². The Morgan fingerprint density at radius 3 is 2.91 bits per heavy atom. The molecule has 0 bridgehead atoms. The predicted molar refractivity (Wildman–Crippen MR) is 73.9 cm³/mol. The van der Waals surface area contributed by atoms with Gasteiger partial charge in [0.05, 0.1) is 42.6 Å². The minimum atomic E-state index is -4.49. The number of aliphatic hydroxyl groups is 1. The molecule has 1 fully saturated rings. The quantitative estimate of drug-likeness (QED) is 0.861. The lowest BCUT2D eigenvalue weighted by molar-refractivity contribution is -0.137. The third-order valence-electron chi connectivity index (χ3n) is 3.21. The molecule has 2 atom stereocenters. The van der Waals surface area contributed by atoms with Gasteiger partial charge in [-0.25, -0.2) is 4.98 Å². The second kappa shape index (κ2) is 7.45. The Morgan fingerprint density at radius 1 is 1.50 bits per heavy atom. The zero-order chi connectivity index (χ0) is 16.2. The van der Waals surface area contributed by atoms with Crippen molar-refractivity contribution in [3.8, 4) is 0 Å². The molecule has 0 unspecified atom stereocenters. The number of halogens is 4. The molecule has 1 aromatic heterocycles. The molecule has 1 saturated heterocycles. The highest BCUT2D eigenvalue weighted by molar-refractivity contribution is 6.33. The smallest absolute Gasteiger partial charge is 0.394 e. The molecule has 2 rings (SSSR count). The van der Waals surface area contributed by atoms with Crippen molar-refractivity contribution in [2.24, 2.45) is 0 Å². The summed E-state index contributed by atoms with van der Waals surface area (Å²) in [4.78, 5) is 3.73. The molecular formula is C13H16ClF3N2O3. The van der Waals surface area contributed by atoms with Crippen LogP contribution in [0.4, 0.5) is 19.0 Å². The number of ether oxygens (including phenoxy) is 2. The number of anilines is 1. The van der Waals surface area contributed by atoms with Crippen LogP contribution in [-0.2, 0) is 15.7 Å². The van der Waals surface area contributed by atoms with Crippen molar-refractivity contribution in [1.29, 1.82) is 0 Å². The van der Waals surface area contributed by atoms with Gasteiger partial charge in [0.1, 0.15) is 5.82 Å². The molecule has 22 heavy (non-hydrogen) atoms.